The van der Waals surface area contributed by atoms with E-state index in [1.165, 1.54) is 31.2 Å². The van der Waals surface area contributed by atoms with Crippen molar-refractivity contribution in [2.24, 2.45) is 11.3 Å². The summed E-state index contributed by atoms with van der Waals surface area (Å²) in [6.07, 6.45) is -1.88. The topological polar surface area (TPSA) is 105 Å². The molecule has 0 saturated heterocycles. The number of anilines is 2. The van der Waals surface area contributed by atoms with Crippen LogP contribution in [0.15, 0.2) is 42.5 Å². The van der Waals surface area contributed by atoms with E-state index in [4.69, 9.17) is 10.1 Å². The van der Waals surface area contributed by atoms with Gasteiger partial charge in [-0.05, 0) is 80.0 Å². The van der Waals surface area contributed by atoms with Crippen LogP contribution in [0.5, 0.6) is 5.75 Å². The molecule has 0 spiro atoms. The SMILES string of the molecule is C[C@@H]1C[C@H](n2c(Nc3ccc(OC(F)(F)F)cc3)nc3cc(C(=O)N[C@@H](C)C(=O)O)ccc32)CC(C)(C)C1. The monoisotopic (exact) mass is 532 g/mol. The van der Waals surface area contributed by atoms with Crippen LogP contribution in [0.3, 0.4) is 0 Å². The summed E-state index contributed by atoms with van der Waals surface area (Å²) in [5, 5.41) is 14.8. The number of amides is 1. The van der Waals surface area contributed by atoms with Crippen LogP contribution in [0.25, 0.3) is 11.0 Å². The molecule has 0 bridgehead atoms. The molecule has 38 heavy (non-hydrogen) atoms. The second-order valence-electron chi connectivity index (χ2n) is 10.8. The first-order valence-corrected chi connectivity index (χ1v) is 12.4. The normalized spacial score (nSPS) is 20.1. The largest absolute Gasteiger partial charge is 0.573 e. The van der Waals surface area contributed by atoms with Gasteiger partial charge >= 0.3 is 12.3 Å². The predicted octanol–water partition coefficient (Wildman–Crippen LogP) is 6.27. The number of benzene rings is 2. The second kappa shape index (κ2) is 10.2. The highest BCUT2D eigenvalue weighted by atomic mass is 19.4. The molecular formula is C27H31F3N4O4. The highest BCUT2D eigenvalue weighted by molar-refractivity contribution is 5.99. The van der Waals surface area contributed by atoms with E-state index in [9.17, 15) is 22.8 Å². The van der Waals surface area contributed by atoms with Crippen molar-refractivity contribution in [2.45, 2.75) is 65.4 Å². The van der Waals surface area contributed by atoms with Gasteiger partial charge < -0.3 is 25.0 Å². The fourth-order valence-electron chi connectivity index (χ4n) is 5.40. The van der Waals surface area contributed by atoms with Crippen LogP contribution in [0.2, 0.25) is 0 Å². The minimum absolute atomic E-state index is 0.0968. The zero-order chi connectivity index (χ0) is 27.8. The molecule has 0 aliphatic heterocycles. The maximum Gasteiger partial charge on any atom is 0.573 e. The summed E-state index contributed by atoms with van der Waals surface area (Å²) in [6, 6.07) is 9.48. The van der Waals surface area contributed by atoms with Crippen LogP contribution in [0.4, 0.5) is 24.8 Å². The number of nitrogens with zero attached hydrogens (tertiary/aromatic N) is 2. The Morgan fingerprint density at radius 3 is 2.45 bits per heavy atom. The van der Waals surface area contributed by atoms with E-state index in [1.54, 1.807) is 18.2 Å². The fourth-order valence-corrected chi connectivity index (χ4v) is 5.40. The van der Waals surface area contributed by atoms with Crippen LogP contribution in [-0.2, 0) is 4.79 Å². The molecule has 1 aliphatic rings. The quantitative estimate of drug-likeness (QED) is 0.331. The Morgan fingerprint density at radius 2 is 1.84 bits per heavy atom. The van der Waals surface area contributed by atoms with Gasteiger partial charge in [-0.3, -0.25) is 9.59 Å². The third kappa shape index (κ3) is 6.38. The molecular weight excluding hydrogens is 501 g/mol. The third-order valence-corrected chi connectivity index (χ3v) is 6.74. The number of carboxylic acids is 1. The summed E-state index contributed by atoms with van der Waals surface area (Å²) in [5.74, 6) is -1.04. The van der Waals surface area contributed by atoms with Gasteiger partial charge in [0.15, 0.2) is 0 Å². The smallest absolute Gasteiger partial charge is 0.480 e. The molecule has 1 fully saturated rings. The summed E-state index contributed by atoms with van der Waals surface area (Å²) in [4.78, 5) is 28.5. The number of carbonyl (C=O) groups excluding carboxylic acids is 1. The number of rotatable bonds is 7. The second-order valence-corrected chi connectivity index (χ2v) is 10.8. The minimum Gasteiger partial charge on any atom is -0.480 e. The molecule has 0 unspecified atom stereocenters. The molecule has 11 heteroatoms. The van der Waals surface area contributed by atoms with E-state index < -0.39 is 24.3 Å². The van der Waals surface area contributed by atoms with Crippen LogP contribution in [-0.4, -0.2) is 38.9 Å². The molecule has 1 heterocycles. The van der Waals surface area contributed by atoms with Crippen molar-refractivity contribution in [2.75, 3.05) is 5.32 Å². The molecule has 3 atom stereocenters. The molecule has 3 aromatic rings. The number of hydrogen-bond donors (Lipinski definition) is 3. The molecule has 1 amide bonds. The zero-order valence-corrected chi connectivity index (χ0v) is 21.6. The third-order valence-electron chi connectivity index (χ3n) is 6.74. The van der Waals surface area contributed by atoms with Crippen molar-refractivity contribution in [1.82, 2.24) is 14.9 Å². The number of alkyl halides is 3. The average Bonchev–Trinajstić information content (AvgIpc) is 3.15. The maximum atomic E-state index is 12.6. The molecule has 204 valence electrons. The number of hydrogen-bond acceptors (Lipinski definition) is 5. The molecule has 4 rings (SSSR count). The predicted molar refractivity (Wildman–Crippen MR) is 137 cm³/mol. The summed E-state index contributed by atoms with van der Waals surface area (Å²) in [5.41, 5.74) is 2.22. The molecule has 3 N–H and O–H groups in total. The molecule has 2 aromatic carbocycles. The number of halogens is 3. The Labute approximate surface area is 218 Å². The highest BCUT2D eigenvalue weighted by Crippen LogP contribution is 2.46. The van der Waals surface area contributed by atoms with E-state index >= 15 is 0 Å². The Hall–Kier alpha value is -3.76. The van der Waals surface area contributed by atoms with Crippen molar-refractivity contribution >= 4 is 34.5 Å². The first-order valence-electron chi connectivity index (χ1n) is 12.4. The number of carboxylic acid groups (broad SMARTS) is 1. The number of aliphatic carboxylic acids is 1. The lowest BCUT2D eigenvalue weighted by Crippen LogP contribution is -2.38. The van der Waals surface area contributed by atoms with Crippen LogP contribution < -0.4 is 15.4 Å². The summed E-state index contributed by atoms with van der Waals surface area (Å²) in [6.45, 7) is 8.05. The molecule has 1 aliphatic carbocycles. The maximum absolute atomic E-state index is 12.6. The number of fused-ring (bicyclic) bond motifs is 1. The molecule has 0 radical (unpaired) electrons. The molecule has 8 nitrogen and oxygen atoms in total. The summed E-state index contributed by atoms with van der Waals surface area (Å²) in [7, 11) is 0. The number of nitrogens with one attached hydrogen (secondary N) is 2. The van der Waals surface area contributed by atoms with E-state index in [2.05, 4.69) is 40.7 Å². The fraction of sp³-hybridized carbons (Fsp3) is 0.444. The Kier molecular flexibility index (Phi) is 7.31. The summed E-state index contributed by atoms with van der Waals surface area (Å²) < 4.78 is 43.7. The number of carbonyl (C=O) groups is 2. The molecule has 1 saturated carbocycles. The van der Waals surface area contributed by atoms with Crippen LogP contribution >= 0.6 is 0 Å². The van der Waals surface area contributed by atoms with Crippen LogP contribution in [0, 0.1) is 11.3 Å². The minimum atomic E-state index is -4.78. The van der Waals surface area contributed by atoms with Gasteiger partial charge in [0.25, 0.3) is 5.91 Å². The molecule has 1 aromatic heterocycles. The van der Waals surface area contributed by atoms with E-state index in [0.29, 0.717) is 23.1 Å². The summed E-state index contributed by atoms with van der Waals surface area (Å²) >= 11 is 0. The lowest BCUT2D eigenvalue weighted by Gasteiger charge is -2.40. The van der Waals surface area contributed by atoms with Gasteiger partial charge in [0.05, 0.1) is 11.0 Å². The van der Waals surface area contributed by atoms with Gasteiger partial charge in [-0.15, -0.1) is 13.2 Å². The number of imidazole rings is 1. The number of aromatic nitrogens is 2. The van der Waals surface area contributed by atoms with Crippen molar-refractivity contribution in [3.63, 3.8) is 0 Å². The van der Waals surface area contributed by atoms with Crippen molar-refractivity contribution in [1.29, 1.82) is 0 Å². The number of ether oxygens (including phenoxy) is 1. The van der Waals surface area contributed by atoms with Gasteiger partial charge in [0, 0.05) is 17.3 Å². The standard InChI is InChI=1S/C27H31F3N4O4/c1-15-11-19(14-26(3,4)13-15)34-22-10-5-17(23(35)31-16(2)24(36)37)12-21(22)33-25(34)32-18-6-8-20(9-7-18)38-27(28,29)30/h5-10,12,15-16,19H,11,13-14H2,1-4H3,(H,31,35)(H,32,33)(H,36,37)/t15-,16+,19+/m1/s1. The van der Waals surface area contributed by atoms with Gasteiger partial charge in [0.1, 0.15) is 11.8 Å². The van der Waals surface area contributed by atoms with Gasteiger partial charge in [-0.25, -0.2) is 4.98 Å². The average molecular weight is 533 g/mol. The van der Waals surface area contributed by atoms with E-state index in [-0.39, 0.29) is 22.8 Å². The first-order chi connectivity index (χ1) is 17.7. The zero-order valence-electron chi connectivity index (χ0n) is 21.6. The Balaban J connectivity index is 1.71. The van der Waals surface area contributed by atoms with Crippen molar-refractivity contribution < 1.29 is 32.6 Å². The lowest BCUT2D eigenvalue weighted by atomic mass is 9.70. The first kappa shape index (κ1) is 27.3. The Bertz CT molecular complexity index is 1330. The van der Waals surface area contributed by atoms with E-state index in [0.717, 1.165) is 24.8 Å². The van der Waals surface area contributed by atoms with Gasteiger partial charge in [-0.2, -0.15) is 0 Å². The van der Waals surface area contributed by atoms with Crippen molar-refractivity contribution in [3.8, 4) is 5.75 Å². The van der Waals surface area contributed by atoms with E-state index in [1.807, 2.05) is 0 Å². The highest BCUT2D eigenvalue weighted by Gasteiger charge is 2.35. The Morgan fingerprint density at radius 1 is 1.16 bits per heavy atom. The van der Waals surface area contributed by atoms with Crippen molar-refractivity contribution in [3.05, 3.63) is 48.0 Å². The van der Waals surface area contributed by atoms with Gasteiger partial charge in [0.2, 0.25) is 5.95 Å². The van der Waals surface area contributed by atoms with Crippen LogP contribution in [0.1, 0.15) is 63.4 Å². The van der Waals surface area contributed by atoms with Gasteiger partial charge in [-0.1, -0.05) is 20.8 Å². The lowest BCUT2D eigenvalue weighted by molar-refractivity contribution is -0.274.